The average Bonchev–Trinajstić information content (AvgIpc) is 3.06. The highest BCUT2D eigenvalue weighted by atomic mass is 16.5. The topological polar surface area (TPSA) is 100 Å². The van der Waals surface area contributed by atoms with Gasteiger partial charge in [0.05, 0.1) is 23.3 Å². The summed E-state index contributed by atoms with van der Waals surface area (Å²) in [5.41, 5.74) is 5.54. The second-order valence-corrected chi connectivity index (χ2v) is 10.1. The molecule has 9 heteroatoms. The average molecular weight is 575 g/mol. The Labute approximate surface area is 253 Å². The number of ether oxygens (including phenoxy) is 1. The van der Waals surface area contributed by atoms with E-state index < -0.39 is 0 Å². The number of hydrogen-bond acceptors (Lipinski definition) is 9. The van der Waals surface area contributed by atoms with Gasteiger partial charge in [0.1, 0.15) is 0 Å². The first kappa shape index (κ1) is 29.8. The van der Waals surface area contributed by atoms with Crippen molar-refractivity contribution >= 4 is 5.69 Å². The minimum absolute atomic E-state index is 0.512. The van der Waals surface area contributed by atoms with E-state index in [1.165, 1.54) is 11.1 Å². The monoisotopic (exact) mass is 574 g/mol. The van der Waals surface area contributed by atoms with Crippen molar-refractivity contribution in [2.24, 2.45) is 0 Å². The molecule has 9 nitrogen and oxygen atoms in total. The van der Waals surface area contributed by atoms with Crippen molar-refractivity contribution < 1.29 is 4.74 Å². The summed E-state index contributed by atoms with van der Waals surface area (Å²) in [6.45, 7) is 6.78. The molecule has 0 saturated carbocycles. The third-order valence-electron chi connectivity index (χ3n) is 6.79. The largest absolute Gasteiger partial charge is 0.421 e. The lowest BCUT2D eigenvalue weighted by Crippen LogP contribution is -2.36. The molecule has 1 aromatic carbocycles. The molecule has 0 bridgehead atoms. The molecular formula is C34H38N8O. The molecule has 4 heterocycles. The molecule has 0 spiro atoms. The van der Waals surface area contributed by atoms with Crippen LogP contribution in [0.5, 0.6) is 11.8 Å². The SMILES string of the molecule is c1ccc(CNCCN(CCNCc2ccc(CNc3ccc(Oc4ccccn4)nc3)cc2)Cc2ccccn2)nc1. The van der Waals surface area contributed by atoms with Crippen LogP contribution < -0.4 is 20.7 Å². The summed E-state index contributed by atoms with van der Waals surface area (Å²) in [6, 6.07) is 30.1. The third kappa shape index (κ3) is 10.6. The Bertz CT molecular complexity index is 1450. The molecular weight excluding hydrogens is 536 g/mol. The van der Waals surface area contributed by atoms with Gasteiger partial charge in [-0.1, -0.05) is 42.5 Å². The van der Waals surface area contributed by atoms with Gasteiger partial charge in [-0.2, -0.15) is 0 Å². The smallest absolute Gasteiger partial charge is 0.221 e. The second kappa shape index (κ2) is 16.7. The maximum absolute atomic E-state index is 5.66. The van der Waals surface area contributed by atoms with E-state index >= 15 is 0 Å². The van der Waals surface area contributed by atoms with Crippen LogP contribution in [-0.4, -0.2) is 51.0 Å². The summed E-state index contributed by atoms with van der Waals surface area (Å²) in [5, 5.41) is 10.5. The highest BCUT2D eigenvalue weighted by Crippen LogP contribution is 2.18. The standard InChI is InChI=1S/C34H38N8O/c1-4-16-37-30(7-1)25-36-20-22-42(27-32-8-2-5-17-38-32)21-19-35-23-28-10-12-29(13-11-28)24-40-31-14-15-34(41-26-31)43-33-9-3-6-18-39-33/h1-18,26,35-36,40H,19-25,27H2. The predicted molar refractivity (Wildman–Crippen MR) is 169 cm³/mol. The molecule has 0 aliphatic heterocycles. The van der Waals surface area contributed by atoms with E-state index in [-0.39, 0.29) is 0 Å². The number of nitrogens with zero attached hydrogens (tertiary/aromatic N) is 5. The molecule has 0 amide bonds. The lowest BCUT2D eigenvalue weighted by Gasteiger charge is -2.22. The molecule has 43 heavy (non-hydrogen) atoms. The van der Waals surface area contributed by atoms with Crippen LogP contribution in [0.3, 0.4) is 0 Å². The summed E-state index contributed by atoms with van der Waals surface area (Å²) in [6.07, 6.45) is 7.15. The molecule has 0 atom stereocenters. The summed E-state index contributed by atoms with van der Waals surface area (Å²) in [4.78, 5) is 19.9. The first-order valence-corrected chi connectivity index (χ1v) is 14.6. The van der Waals surface area contributed by atoms with Gasteiger partial charge >= 0.3 is 0 Å². The Hall–Kier alpha value is -4.70. The van der Waals surface area contributed by atoms with E-state index in [0.717, 1.165) is 62.9 Å². The Kier molecular flexibility index (Phi) is 11.5. The Morgan fingerprint density at radius 2 is 1.19 bits per heavy atom. The van der Waals surface area contributed by atoms with E-state index in [9.17, 15) is 0 Å². The lowest BCUT2D eigenvalue weighted by molar-refractivity contribution is 0.261. The van der Waals surface area contributed by atoms with Gasteiger partial charge in [0, 0.05) is 83.1 Å². The lowest BCUT2D eigenvalue weighted by atomic mass is 10.1. The summed E-state index contributed by atoms with van der Waals surface area (Å²) >= 11 is 0. The van der Waals surface area contributed by atoms with Gasteiger partial charge in [-0.25, -0.2) is 9.97 Å². The summed E-state index contributed by atoms with van der Waals surface area (Å²) < 4.78 is 5.66. The van der Waals surface area contributed by atoms with Gasteiger partial charge < -0.3 is 20.7 Å². The molecule has 0 fully saturated rings. The number of anilines is 1. The highest BCUT2D eigenvalue weighted by molar-refractivity contribution is 5.43. The van der Waals surface area contributed by atoms with Gasteiger partial charge in [0.15, 0.2) is 0 Å². The molecule has 0 saturated heterocycles. The van der Waals surface area contributed by atoms with Gasteiger partial charge in [-0.3, -0.25) is 14.9 Å². The molecule has 5 rings (SSSR count). The fourth-order valence-electron chi connectivity index (χ4n) is 4.46. The van der Waals surface area contributed by atoms with Gasteiger partial charge in [0.25, 0.3) is 0 Å². The minimum Gasteiger partial charge on any atom is -0.421 e. The Morgan fingerprint density at radius 3 is 1.81 bits per heavy atom. The van der Waals surface area contributed by atoms with Crippen LogP contribution in [0.25, 0.3) is 0 Å². The van der Waals surface area contributed by atoms with Crippen molar-refractivity contribution in [3.63, 3.8) is 0 Å². The van der Waals surface area contributed by atoms with E-state index in [1.54, 1.807) is 18.5 Å². The van der Waals surface area contributed by atoms with Crippen LogP contribution in [0.15, 0.2) is 116 Å². The first-order valence-electron chi connectivity index (χ1n) is 14.6. The normalized spacial score (nSPS) is 11.0. The molecule has 0 unspecified atom stereocenters. The van der Waals surface area contributed by atoms with Crippen LogP contribution >= 0.6 is 0 Å². The highest BCUT2D eigenvalue weighted by Gasteiger charge is 2.07. The maximum Gasteiger partial charge on any atom is 0.221 e. The van der Waals surface area contributed by atoms with Gasteiger partial charge in [-0.05, 0) is 47.5 Å². The van der Waals surface area contributed by atoms with Gasteiger partial charge in [-0.15, -0.1) is 0 Å². The van der Waals surface area contributed by atoms with Crippen molar-refractivity contribution in [1.82, 2.24) is 35.5 Å². The molecule has 0 radical (unpaired) electrons. The van der Waals surface area contributed by atoms with Crippen LogP contribution in [0, 0.1) is 0 Å². The fraction of sp³-hybridized carbons (Fsp3) is 0.235. The molecule has 220 valence electrons. The number of rotatable bonds is 17. The molecule has 4 aromatic heterocycles. The van der Waals surface area contributed by atoms with Crippen LogP contribution in [0.4, 0.5) is 5.69 Å². The minimum atomic E-state index is 0.512. The van der Waals surface area contributed by atoms with E-state index in [4.69, 9.17) is 4.74 Å². The Balaban J connectivity index is 1.02. The number of hydrogen-bond donors (Lipinski definition) is 3. The van der Waals surface area contributed by atoms with Crippen LogP contribution in [0.1, 0.15) is 22.5 Å². The van der Waals surface area contributed by atoms with Crippen molar-refractivity contribution in [1.29, 1.82) is 0 Å². The number of aromatic nitrogens is 4. The van der Waals surface area contributed by atoms with Crippen molar-refractivity contribution in [3.8, 4) is 11.8 Å². The first-order chi connectivity index (χ1) is 21.3. The summed E-state index contributed by atoms with van der Waals surface area (Å²) in [5.74, 6) is 1.04. The fourth-order valence-corrected chi connectivity index (χ4v) is 4.46. The van der Waals surface area contributed by atoms with E-state index in [0.29, 0.717) is 18.3 Å². The van der Waals surface area contributed by atoms with Crippen molar-refractivity contribution in [2.45, 2.75) is 26.2 Å². The molecule has 5 aromatic rings. The molecule has 0 aliphatic rings. The quantitative estimate of drug-likeness (QED) is 0.132. The Morgan fingerprint density at radius 1 is 0.558 bits per heavy atom. The zero-order valence-electron chi connectivity index (χ0n) is 24.3. The van der Waals surface area contributed by atoms with Gasteiger partial charge in [0.2, 0.25) is 11.8 Å². The van der Waals surface area contributed by atoms with E-state index in [2.05, 4.69) is 71.1 Å². The zero-order valence-corrected chi connectivity index (χ0v) is 24.3. The second-order valence-electron chi connectivity index (χ2n) is 10.1. The van der Waals surface area contributed by atoms with E-state index in [1.807, 2.05) is 67.0 Å². The zero-order chi connectivity index (χ0) is 29.4. The molecule has 0 aliphatic carbocycles. The third-order valence-corrected chi connectivity index (χ3v) is 6.79. The number of nitrogens with one attached hydrogen (secondary N) is 3. The summed E-state index contributed by atoms with van der Waals surface area (Å²) in [7, 11) is 0. The maximum atomic E-state index is 5.66. The number of benzene rings is 1. The van der Waals surface area contributed by atoms with Crippen LogP contribution in [-0.2, 0) is 26.2 Å². The predicted octanol–water partition coefficient (Wildman–Crippen LogP) is 5.05. The van der Waals surface area contributed by atoms with Crippen molar-refractivity contribution in [2.75, 3.05) is 31.5 Å². The van der Waals surface area contributed by atoms with Crippen molar-refractivity contribution in [3.05, 3.63) is 138 Å². The molecule has 3 N–H and O–H groups in total. The van der Waals surface area contributed by atoms with Crippen LogP contribution in [0.2, 0.25) is 0 Å². The number of pyridine rings is 4.